The van der Waals surface area contributed by atoms with Crippen molar-refractivity contribution in [1.82, 2.24) is 15.5 Å². The zero-order chi connectivity index (χ0) is 15.4. The third-order valence-electron chi connectivity index (χ3n) is 3.52. The molecule has 1 atom stereocenters. The molecule has 0 aromatic heterocycles. The van der Waals surface area contributed by atoms with Gasteiger partial charge in [0.2, 0.25) is 11.8 Å². The number of nitrogens with zero attached hydrogens (tertiary/aromatic N) is 1. The van der Waals surface area contributed by atoms with Crippen LogP contribution >= 0.6 is 11.6 Å². The normalized spacial score (nSPS) is 19.2. The van der Waals surface area contributed by atoms with Crippen LogP contribution in [0.15, 0.2) is 18.2 Å². The molecular formula is C14H17ClFN3O2. The molecule has 2 amide bonds. The summed E-state index contributed by atoms with van der Waals surface area (Å²) in [6.07, 6.45) is 0.0361. The quantitative estimate of drug-likeness (QED) is 0.869. The van der Waals surface area contributed by atoms with Crippen LogP contribution in [-0.2, 0) is 16.1 Å². The van der Waals surface area contributed by atoms with Crippen LogP contribution in [0, 0.1) is 5.82 Å². The predicted octanol–water partition coefficient (Wildman–Crippen LogP) is 0.916. The minimum absolute atomic E-state index is 0.0361. The maximum atomic E-state index is 13.9. The Morgan fingerprint density at radius 1 is 1.57 bits per heavy atom. The molecule has 0 radical (unpaired) electrons. The first-order chi connectivity index (χ1) is 10.0. The van der Waals surface area contributed by atoms with E-state index in [-0.39, 0.29) is 24.8 Å². The van der Waals surface area contributed by atoms with Gasteiger partial charge in [-0.25, -0.2) is 4.39 Å². The lowest BCUT2D eigenvalue weighted by Crippen LogP contribution is -2.56. The molecule has 7 heteroatoms. The Labute approximate surface area is 127 Å². The molecule has 1 fully saturated rings. The molecule has 1 unspecified atom stereocenters. The molecule has 114 valence electrons. The van der Waals surface area contributed by atoms with Gasteiger partial charge in [0.1, 0.15) is 5.82 Å². The van der Waals surface area contributed by atoms with E-state index >= 15 is 0 Å². The summed E-state index contributed by atoms with van der Waals surface area (Å²) in [5.74, 6) is -0.869. The molecule has 0 saturated carbocycles. The second-order valence-corrected chi connectivity index (χ2v) is 5.26. The number of rotatable bonds is 4. The van der Waals surface area contributed by atoms with Gasteiger partial charge in [-0.1, -0.05) is 17.7 Å². The van der Waals surface area contributed by atoms with Crippen LogP contribution in [0.1, 0.15) is 12.0 Å². The molecule has 0 aliphatic carbocycles. The molecule has 1 aliphatic heterocycles. The summed E-state index contributed by atoms with van der Waals surface area (Å²) in [5, 5.41) is 5.53. The van der Waals surface area contributed by atoms with Crippen molar-refractivity contribution >= 4 is 23.4 Å². The van der Waals surface area contributed by atoms with Crippen molar-refractivity contribution in [2.45, 2.75) is 19.0 Å². The summed E-state index contributed by atoms with van der Waals surface area (Å²) in [4.78, 5) is 25.3. The lowest BCUT2D eigenvalue weighted by Gasteiger charge is -2.34. The molecule has 1 aliphatic rings. The van der Waals surface area contributed by atoms with E-state index in [4.69, 9.17) is 11.6 Å². The minimum Gasteiger partial charge on any atom is -0.359 e. The maximum Gasteiger partial charge on any atom is 0.237 e. The van der Waals surface area contributed by atoms with Crippen LogP contribution in [0.3, 0.4) is 0 Å². The zero-order valence-corrected chi connectivity index (χ0v) is 12.4. The van der Waals surface area contributed by atoms with E-state index in [1.54, 1.807) is 11.0 Å². The summed E-state index contributed by atoms with van der Waals surface area (Å²) in [7, 11) is 1.52. The molecule has 21 heavy (non-hydrogen) atoms. The molecule has 1 aromatic carbocycles. The standard InChI is InChI=1S/C14H17ClFN3O2/c1-17-13(20)7-12-14(21)18-5-6-19(12)8-9-10(15)3-2-4-11(9)16/h2-4,12H,5-8H2,1H3,(H,17,20)(H,18,21). The van der Waals surface area contributed by atoms with Gasteiger partial charge in [-0.05, 0) is 12.1 Å². The van der Waals surface area contributed by atoms with Gasteiger partial charge in [0.05, 0.1) is 12.5 Å². The topological polar surface area (TPSA) is 61.4 Å². The number of nitrogens with one attached hydrogen (secondary N) is 2. The third kappa shape index (κ3) is 3.71. The van der Waals surface area contributed by atoms with E-state index in [9.17, 15) is 14.0 Å². The first kappa shape index (κ1) is 15.7. The number of piperazine rings is 1. The highest BCUT2D eigenvalue weighted by molar-refractivity contribution is 6.31. The van der Waals surface area contributed by atoms with Crippen LogP contribution in [0.4, 0.5) is 4.39 Å². The van der Waals surface area contributed by atoms with E-state index < -0.39 is 11.9 Å². The van der Waals surface area contributed by atoms with E-state index in [2.05, 4.69) is 10.6 Å². The molecule has 0 bridgehead atoms. The minimum atomic E-state index is -0.616. The summed E-state index contributed by atoms with van der Waals surface area (Å²) in [5.41, 5.74) is 0.343. The highest BCUT2D eigenvalue weighted by Gasteiger charge is 2.32. The smallest absolute Gasteiger partial charge is 0.237 e. The Morgan fingerprint density at radius 2 is 2.33 bits per heavy atom. The molecule has 2 rings (SSSR count). The highest BCUT2D eigenvalue weighted by Crippen LogP contribution is 2.23. The first-order valence-electron chi connectivity index (χ1n) is 6.68. The van der Waals surface area contributed by atoms with E-state index in [0.29, 0.717) is 23.7 Å². The fraction of sp³-hybridized carbons (Fsp3) is 0.429. The Hall–Kier alpha value is -1.66. The van der Waals surface area contributed by atoms with Crippen molar-refractivity contribution in [1.29, 1.82) is 0 Å². The average molecular weight is 314 g/mol. The Bertz CT molecular complexity index is 533. The molecule has 0 spiro atoms. The van der Waals surface area contributed by atoms with E-state index in [1.807, 2.05) is 0 Å². The Morgan fingerprint density at radius 3 is 3.00 bits per heavy atom. The van der Waals surface area contributed by atoms with Crippen molar-refractivity contribution in [2.75, 3.05) is 20.1 Å². The van der Waals surface area contributed by atoms with Crippen molar-refractivity contribution in [3.63, 3.8) is 0 Å². The van der Waals surface area contributed by atoms with Crippen molar-refractivity contribution in [3.8, 4) is 0 Å². The van der Waals surface area contributed by atoms with Crippen molar-refractivity contribution in [3.05, 3.63) is 34.6 Å². The van der Waals surface area contributed by atoms with E-state index in [0.717, 1.165) is 0 Å². The lowest BCUT2D eigenvalue weighted by molar-refractivity contribution is -0.134. The zero-order valence-electron chi connectivity index (χ0n) is 11.7. The van der Waals surface area contributed by atoms with Crippen LogP contribution in [0.2, 0.25) is 5.02 Å². The van der Waals surface area contributed by atoms with Gasteiger partial charge in [-0.3, -0.25) is 14.5 Å². The fourth-order valence-corrected chi connectivity index (χ4v) is 2.56. The number of amides is 2. The van der Waals surface area contributed by atoms with E-state index in [1.165, 1.54) is 19.2 Å². The number of hydrogen-bond acceptors (Lipinski definition) is 3. The summed E-state index contributed by atoms with van der Waals surface area (Å²) >= 11 is 6.02. The maximum absolute atomic E-state index is 13.9. The lowest BCUT2D eigenvalue weighted by atomic mass is 10.1. The van der Waals surface area contributed by atoms with Crippen LogP contribution in [0.25, 0.3) is 0 Å². The average Bonchev–Trinajstić information content (AvgIpc) is 2.46. The number of hydrogen-bond donors (Lipinski definition) is 2. The molecule has 1 saturated heterocycles. The van der Waals surface area contributed by atoms with Crippen molar-refractivity contribution < 1.29 is 14.0 Å². The van der Waals surface area contributed by atoms with Gasteiger partial charge in [0, 0.05) is 37.3 Å². The molecule has 1 heterocycles. The van der Waals surface area contributed by atoms with Crippen molar-refractivity contribution in [2.24, 2.45) is 0 Å². The fourth-order valence-electron chi connectivity index (χ4n) is 2.34. The number of carbonyl (C=O) groups is 2. The van der Waals surface area contributed by atoms with Crippen LogP contribution in [0.5, 0.6) is 0 Å². The molecular weight excluding hydrogens is 297 g/mol. The number of halogens is 2. The van der Waals surface area contributed by atoms with Gasteiger partial charge in [-0.15, -0.1) is 0 Å². The van der Waals surface area contributed by atoms with Gasteiger partial charge in [-0.2, -0.15) is 0 Å². The van der Waals surface area contributed by atoms with Crippen LogP contribution in [-0.4, -0.2) is 42.9 Å². The monoisotopic (exact) mass is 313 g/mol. The molecule has 1 aromatic rings. The van der Waals surface area contributed by atoms with Gasteiger partial charge in [0.25, 0.3) is 0 Å². The third-order valence-corrected chi connectivity index (χ3v) is 3.88. The number of carbonyl (C=O) groups excluding carboxylic acids is 2. The Balaban J connectivity index is 2.19. The Kier molecular flexibility index (Phi) is 5.14. The first-order valence-corrected chi connectivity index (χ1v) is 7.06. The summed E-state index contributed by atoms with van der Waals surface area (Å²) in [6.45, 7) is 1.20. The SMILES string of the molecule is CNC(=O)CC1C(=O)NCCN1Cc1c(F)cccc1Cl. The largest absolute Gasteiger partial charge is 0.359 e. The predicted molar refractivity (Wildman–Crippen MR) is 77.3 cm³/mol. The van der Waals surface area contributed by atoms with Gasteiger partial charge >= 0.3 is 0 Å². The summed E-state index contributed by atoms with van der Waals surface area (Å²) < 4.78 is 13.9. The number of benzene rings is 1. The second kappa shape index (κ2) is 6.87. The van der Waals surface area contributed by atoms with Gasteiger partial charge in [0.15, 0.2) is 0 Å². The van der Waals surface area contributed by atoms with Gasteiger partial charge < -0.3 is 10.6 Å². The molecule has 5 nitrogen and oxygen atoms in total. The van der Waals surface area contributed by atoms with Crippen LogP contribution < -0.4 is 10.6 Å². The molecule has 2 N–H and O–H groups in total. The summed E-state index contributed by atoms with van der Waals surface area (Å²) in [6, 6.07) is 3.86. The highest BCUT2D eigenvalue weighted by atomic mass is 35.5. The second-order valence-electron chi connectivity index (χ2n) is 4.85.